The third kappa shape index (κ3) is 4.08. The Kier molecular flexibility index (Phi) is 4.99. The fourth-order valence-corrected chi connectivity index (χ4v) is 2.52. The Labute approximate surface area is 117 Å². The van der Waals surface area contributed by atoms with Gasteiger partial charge in [0.1, 0.15) is 0 Å². The van der Waals surface area contributed by atoms with Gasteiger partial charge >= 0.3 is 0 Å². The largest absolute Gasteiger partial charge is 0.420 e. The van der Waals surface area contributed by atoms with Gasteiger partial charge in [-0.2, -0.15) is 11.8 Å². The van der Waals surface area contributed by atoms with Crippen molar-refractivity contribution in [3.8, 4) is 11.5 Å². The van der Waals surface area contributed by atoms with E-state index in [1.54, 1.807) is 11.8 Å². The van der Waals surface area contributed by atoms with Crippen molar-refractivity contribution in [1.82, 2.24) is 10.2 Å². The molecule has 0 bridgehead atoms. The summed E-state index contributed by atoms with van der Waals surface area (Å²) in [5, 5.41) is 17.1. The molecular weight excluding hydrogens is 260 g/mol. The number of aromatic nitrogens is 2. The van der Waals surface area contributed by atoms with Gasteiger partial charge in [0, 0.05) is 12.2 Å². The van der Waals surface area contributed by atoms with Crippen molar-refractivity contribution in [3.63, 3.8) is 0 Å². The number of hydrogen-bond acceptors (Lipinski definition) is 5. The fourth-order valence-electron chi connectivity index (χ4n) is 1.61. The highest BCUT2D eigenvalue weighted by atomic mass is 32.2. The number of nitrogens with zero attached hydrogens (tertiary/aromatic N) is 2. The molecule has 0 fully saturated rings. The van der Waals surface area contributed by atoms with E-state index in [1.165, 1.54) is 5.56 Å². The van der Waals surface area contributed by atoms with Gasteiger partial charge in [0.2, 0.25) is 11.8 Å². The molecule has 0 aliphatic heterocycles. The van der Waals surface area contributed by atoms with E-state index in [4.69, 9.17) is 9.52 Å². The molecule has 0 aliphatic carbocycles. The first kappa shape index (κ1) is 14.1. The predicted octanol–water partition coefficient (Wildman–Crippen LogP) is 2.91. The van der Waals surface area contributed by atoms with Crippen molar-refractivity contribution in [2.75, 3.05) is 12.4 Å². The molecule has 1 heterocycles. The van der Waals surface area contributed by atoms with E-state index < -0.39 is 0 Å². The summed E-state index contributed by atoms with van der Waals surface area (Å²) in [6.45, 7) is 4.26. The highest BCUT2D eigenvalue weighted by Crippen LogP contribution is 2.21. The summed E-state index contributed by atoms with van der Waals surface area (Å²) in [7, 11) is 0. The van der Waals surface area contributed by atoms with Gasteiger partial charge in [-0.15, -0.1) is 10.2 Å². The van der Waals surface area contributed by atoms with Crippen molar-refractivity contribution in [3.05, 3.63) is 35.7 Å². The molecule has 1 unspecified atom stereocenters. The zero-order valence-corrected chi connectivity index (χ0v) is 12.0. The molecule has 0 saturated heterocycles. The minimum absolute atomic E-state index is 0.214. The molecule has 1 N–H and O–H groups in total. The third-order valence-electron chi connectivity index (χ3n) is 2.67. The lowest BCUT2D eigenvalue weighted by molar-refractivity contribution is 0.250. The number of hydrogen-bond donors (Lipinski definition) is 1. The van der Waals surface area contributed by atoms with Crippen LogP contribution in [0, 0.1) is 12.8 Å². The summed E-state index contributed by atoms with van der Waals surface area (Å²) in [6, 6.07) is 8.00. The maximum absolute atomic E-state index is 8.95. The fraction of sp³-hybridized carbons (Fsp3) is 0.429. The van der Waals surface area contributed by atoms with E-state index in [0.29, 0.717) is 23.5 Å². The molecule has 2 aromatic rings. The lowest BCUT2D eigenvalue weighted by Gasteiger charge is -2.04. The lowest BCUT2D eigenvalue weighted by atomic mass is 10.1. The van der Waals surface area contributed by atoms with Crippen LogP contribution in [-0.4, -0.2) is 27.7 Å². The van der Waals surface area contributed by atoms with Crippen LogP contribution in [0.3, 0.4) is 0 Å². The van der Waals surface area contributed by atoms with Gasteiger partial charge in [-0.05, 0) is 30.7 Å². The van der Waals surface area contributed by atoms with E-state index in [9.17, 15) is 0 Å². The smallest absolute Gasteiger partial charge is 0.247 e. The molecule has 1 aromatic carbocycles. The monoisotopic (exact) mass is 278 g/mol. The number of thioether (sulfide) groups is 1. The van der Waals surface area contributed by atoms with Crippen molar-refractivity contribution in [2.45, 2.75) is 19.6 Å². The molecule has 0 aliphatic rings. The Bertz CT molecular complexity index is 528. The van der Waals surface area contributed by atoms with E-state index in [-0.39, 0.29) is 6.61 Å². The van der Waals surface area contributed by atoms with E-state index in [1.807, 2.05) is 38.1 Å². The summed E-state index contributed by atoms with van der Waals surface area (Å²) in [6.07, 6.45) is 0. The minimum atomic E-state index is 0.214. The summed E-state index contributed by atoms with van der Waals surface area (Å²) in [5.41, 5.74) is 2.12. The van der Waals surface area contributed by atoms with Crippen LogP contribution in [0.4, 0.5) is 0 Å². The molecule has 19 heavy (non-hydrogen) atoms. The average molecular weight is 278 g/mol. The summed E-state index contributed by atoms with van der Waals surface area (Å²) >= 11 is 1.69. The predicted molar refractivity (Wildman–Crippen MR) is 76.9 cm³/mol. The van der Waals surface area contributed by atoms with Crippen LogP contribution in [0.2, 0.25) is 0 Å². The first-order valence-corrected chi connectivity index (χ1v) is 7.42. The lowest BCUT2D eigenvalue weighted by Crippen LogP contribution is -2.03. The summed E-state index contributed by atoms with van der Waals surface area (Å²) < 4.78 is 5.63. The maximum Gasteiger partial charge on any atom is 0.247 e. The molecule has 0 saturated carbocycles. The average Bonchev–Trinajstić information content (AvgIpc) is 2.87. The van der Waals surface area contributed by atoms with Gasteiger partial charge in [0.25, 0.3) is 0 Å². The number of aliphatic hydroxyl groups excluding tert-OH is 1. The maximum atomic E-state index is 8.95. The number of benzene rings is 1. The van der Waals surface area contributed by atoms with Crippen LogP contribution in [0.15, 0.2) is 28.7 Å². The van der Waals surface area contributed by atoms with E-state index in [2.05, 4.69) is 10.2 Å². The second-order valence-electron chi connectivity index (χ2n) is 4.67. The highest BCUT2D eigenvalue weighted by Gasteiger charge is 2.09. The second-order valence-corrected chi connectivity index (χ2v) is 5.70. The first-order valence-electron chi connectivity index (χ1n) is 6.27. The van der Waals surface area contributed by atoms with Crippen LogP contribution in [0.5, 0.6) is 0 Å². The molecule has 1 atom stereocenters. The SMILES string of the molecule is Cc1cccc(-c2nnc(CSCC(C)CO)o2)c1. The normalized spacial score (nSPS) is 12.6. The number of rotatable bonds is 6. The standard InChI is InChI=1S/C14H18N2O2S/c1-10-4-3-5-12(6-10)14-16-15-13(18-14)9-19-8-11(2)7-17/h3-6,11,17H,7-9H2,1-2H3. The third-order valence-corrected chi connectivity index (χ3v) is 3.93. The van der Waals surface area contributed by atoms with Crippen LogP contribution in [-0.2, 0) is 5.75 Å². The Balaban J connectivity index is 1.95. The van der Waals surface area contributed by atoms with Gasteiger partial charge in [0.15, 0.2) is 0 Å². The zero-order chi connectivity index (χ0) is 13.7. The molecule has 1 aromatic heterocycles. The molecule has 4 nitrogen and oxygen atoms in total. The number of aliphatic hydroxyl groups is 1. The van der Waals surface area contributed by atoms with E-state index >= 15 is 0 Å². The van der Waals surface area contributed by atoms with Crippen LogP contribution < -0.4 is 0 Å². The zero-order valence-electron chi connectivity index (χ0n) is 11.2. The highest BCUT2D eigenvalue weighted by molar-refractivity contribution is 7.98. The first-order chi connectivity index (χ1) is 9.19. The van der Waals surface area contributed by atoms with Crippen LogP contribution in [0.1, 0.15) is 18.4 Å². The summed E-state index contributed by atoms with van der Waals surface area (Å²) in [5.74, 6) is 3.06. The molecule has 102 valence electrons. The topological polar surface area (TPSA) is 59.2 Å². The molecular formula is C14H18N2O2S. The Morgan fingerprint density at radius 3 is 2.95 bits per heavy atom. The van der Waals surface area contributed by atoms with Gasteiger partial charge in [0.05, 0.1) is 5.75 Å². The van der Waals surface area contributed by atoms with Gasteiger partial charge in [-0.25, -0.2) is 0 Å². The van der Waals surface area contributed by atoms with Crippen LogP contribution >= 0.6 is 11.8 Å². The Morgan fingerprint density at radius 2 is 2.21 bits per heavy atom. The van der Waals surface area contributed by atoms with Gasteiger partial charge in [-0.1, -0.05) is 24.6 Å². The van der Waals surface area contributed by atoms with Gasteiger partial charge < -0.3 is 9.52 Å². The van der Waals surface area contributed by atoms with Gasteiger partial charge in [-0.3, -0.25) is 0 Å². The minimum Gasteiger partial charge on any atom is -0.420 e. The molecule has 0 spiro atoms. The Hall–Kier alpha value is -1.33. The van der Waals surface area contributed by atoms with Crippen LogP contribution in [0.25, 0.3) is 11.5 Å². The molecule has 2 rings (SSSR count). The quantitative estimate of drug-likeness (QED) is 0.880. The molecule has 0 radical (unpaired) electrons. The second kappa shape index (κ2) is 6.73. The number of aryl methyl sites for hydroxylation is 1. The van der Waals surface area contributed by atoms with Crippen molar-refractivity contribution < 1.29 is 9.52 Å². The molecule has 0 amide bonds. The van der Waals surface area contributed by atoms with Crippen molar-refractivity contribution >= 4 is 11.8 Å². The van der Waals surface area contributed by atoms with Crippen molar-refractivity contribution in [2.24, 2.45) is 5.92 Å². The van der Waals surface area contributed by atoms with E-state index in [0.717, 1.165) is 11.3 Å². The summed E-state index contributed by atoms with van der Waals surface area (Å²) in [4.78, 5) is 0. The molecule has 5 heteroatoms. The van der Waals surface area contributed by atoms with Crippen molar-refractivity contribution in [1.29, 1.82) is 0 Å². The Morgan fingerprint density at radius 1 is 1.37 bits per heavy atom.